The highest BCUT2D eigenvalue weighted by Crippen LogP contribution is 2.53. The number of imide groups is 2. The highest BCUT2D eigenvalue weighted by atomic mass is 32.1. The number of rotatable bonds is 7. The van der Waals surface area contributed by atoms with Gasteiger partial charge in [0.15, 0.2) is 5.01 Å². The van der Waals surface area contributed by atoms with Crippen molar-refractivity contribution in [1.29, 1.82) is 5.26 Å². The Balaban J connectivity index is 0.738. The number of pyridine rings is 1. The predicted molar refractivity (Wildman–Crippen MR) is 215 cm³/mol. The third-order valence-corrected chi connectivity index (χ3v) is 13.5. The van der Waals surface area contributed by atoms with Gasteiger partial charge in [0.05, 0.1) is 45.4 Å². The molecule has 1 atom stereocenters. The number of fused-ring (bicyclic) bond motifs is 2. The van der Waals surface area contributed by atoms with Crippen molar-refractivity contribution in [2.75, 3.05) is 61.4 Å². The summed E-state index contributed by atoms with van der Waals surface area (Å²) in [4.78, 5) is 76.5. The molecule has 0 radical (unpaired) electrons. The molecule has 1 aliphatic carbocycles. The Morgan fingerprint density at radius 1 is 0.932 bits per heavy atom. The SMILES string of the molecule is CNc1cc(-c2ccc3cc(C#N)cnn23)ncc1-c1nnc(N2CCN(C(=O)C3CC4(CCN(c5ccc6c(c5)C(=O)N(C5CCC(=O)NC5=O)C6=O)C4)C3)CC2)s1. The third kappa shape index (κ3) is 6.15. The first kappa shape index (κ1) is 36.6. The zero-order chi connectivity index (χ0) is 40.6. The molecule has 5 amide bonds. The number of piperazine rings is 1. The molecular formula is C41H38N12O5S. The molecule has 1 spiro atoms. The van der Waals surface area contributed by atoms with Crippen LogP contribution in [0, 0.1) is 22.7 Å². The maximum absolute atomic E-state index is 13.7. The van der Waals surface area contributed by atoms with E-state index in [0.717, 1.165) is 81.2 Å². The predicted octanol–water partition coefficient (Wildman–Crippen LogP) is 3.18. The number of nitriles is 1. The number of anilines is 3. The Labute approximate surface area is 341 Å². The summed E-state index contributed by atoms with van der Waals surface area (Å²) in [5.41, 5.74) is 5.90. The van der Waals surface area contributed by atoms with Gasteiger partial charge in [-0.05, 0) is 73.6 Å². The van der Waals surface area contributed by atoms with Crippen LogP contribution in [0.2, 0.25) is 0 Å². The molecule has 5 aromatic rings. The van der Waals surface area contributed by atoms with Crippen LogP contribution in [0.4, 0.5) is 16.5 Å². The van der Waals surface area contributed by atoms with E-state index in [1.165, 1.54) is 17.5 Å². The number of hydrogen-bond acceptors (Lipinski definition) is 14. The monoisotopic (exact) mass is 810 g/mol. The first-order chi connectivity index (χ1) is 28.6. The summed E-state index contributed by atoms with van der Waals surface area (Å²) in [6, 6.07) is 13.9. The highest BCUT2D eigenvalue weighted by molar-refractivity contribution is 7.18. The summed E-state index contributed by atoms with van der Waals surface area (Å²) in [6.45, 7) is 4.07. The second-order valence-corrected chi connectivity index (χ2v) is 16.9. The molecule has 5 aliphatic rings. The molecule has 1 aromatic carbocycles. The minimum absolute atomic E-state index is 0.0246. The standard InChI is InChI=1S/C41H38N12O5S/c1-43-30-16-31(32-5-3-26-14-23(19-42)20-45-53(26)32)44-21-29(30)36-47-48-40(59-36)50-12-10-49(11-13-50)37(56)24-17-41(18-24)8-9-51(22-41)25-2-4-27-28(15-25)39(58)52(38(27)57)33-6-7-34(54)46-35(33)55/h2-5,14-16,20-21,24,33H,6-13,17-18,22H2,1H3,(H,43,44)(H,46,54,55). The van der Waals surface area contributed by atoms with Gasteiger partial charge < -0.3 is 20.0 Å². The average Bonchev–Trinajstić information content (AvgIpc) is 4.06. The fourth-order valence-electron chi connectivity index (χ4n) is 9.36. The summed E-state index contributed by atoms with van der Waals surface area (Å²) in [5, 5.41) is 29.7. The van der Waals surface area contributed by atoms with Crippen LogP contribution in [0.5, 0.6) is 0 Å². The Bertz CT molecular complexity index is 2650. The molecule has 10 rings (SSSR count). The van der Waals surface area contributed by atoms with Gasteiger partial charge in [0, 0.05) is 76.2 Å². The van der Waals surface area contributed by atoms with Gasteiger partial charge >= 0.3 is 0 Å². The van der Waals surface area contributed by atoms with Gasteiger partial charge in [-0.15, -0.1) is 10.2 Å². The van der Waals surface area contributed by atoms with Crippen LogP contribution >= 0.6 is 11.3 Å². The Kier molecular flexibility index (Phi) is 8.67. The molecule has 4 aliphatic heterocycles. The number of piperidine rings is 1. The number of hydrogen-bond donors (Lipinski definition) is 2. The van der Waals surface area contributed by atoms with Gasteiger partial charge in [0.25, 0.3) is 11.8 Å². The fourth-order valence-corrected chi connectivity index (χ4v) is 10.3. The number of carbonyl (C=O) groups is 5. The highest BCUT2D eigenvalue weighted by Gasteiger charge is 2.52. The maximum Gasteiger partial charge on any atom is 0.262 e. The molecule has 2 N–H and O–H groups in total. The van der Waals surface area contributed by atoms with Crippen molar-refractivity contribution in [2.24, 2.45) is 11.3 Å². The van der Waals surface area contributed by atoms with Crippen LogP contribution in [-0.4, -0.2) is 116 Å². The second-order valence-electron chi connectivity index (χ2n) is 15.9. The van der Waals surface area contributed by atoms with Crippen LogP contribution in [0.15, 0.2) is 54.9 Å². The van der Waals surface area contributed by atoms with Gasteiger partial charge in [0.2, 0.25) is 22.9 Å². The molecule has 59 heavy (non-hydrogen) atoms. The van der Waals surface area contributed by atoms with E-state index in [9.17, 15) is 29.2 Å². The minimum Gasteiger partial charge on any atom is -0.387 e. The minimum atomic E-state index is -0.999. The largest absolute Gasteiger partial charge is 0.387 e. The second kappa shape index (κ2) is 14.0. The first-order valence-corrected chi connectivity index (χ1v) is 20.5. The molecular weight excluding hydrogens is 773 g/mol. The molecule has 8 heterocycles. The molecule has 17 nitrogen and oxygen atoms in total. The lowest BCUT2D eigenvalue weighted by atomic mass is 9.61. The van der Waals surface area contributed by atoms with Crippen molar-refractivity contribution in [3.05, 3.63) is 71.5 Å². The van der Waals surface area contributed by atoms with E-state index < -0.39 is 29.7 Å². The van der Waals surface area contributed by atoms with Crippen LogP contribution in [0.1, 0.15) is 58.4 Å². The zero-order valence-electron chi connectivity index (χ0n) is 32.1. The molecule has 18 heteroatoms. The van der Waals surface area contributed by atoms with Crippen molar-refractivity contribution in [3.8, 4) is 28.0 Å². The molecule has 1 saturated carbocycles. The van der Waals surface area contributed by atoms with Gasteiger partial charge in [0.1, 0.15) is 12.1 Å². The van der Waals surface area contributed by atoms with Gasteiger partial charge in [-0.25, -0.2) is 4.52 Å². The van der Waals surface area contributed by atoms with E-state index >= 15 is 0 Å². The number of aromatic nitrogens is 5. The fraction of sp³-hybridized carbons (Fsp3) is 0.366. The lowest BCUT2D eigenvalue weighted by molar-refractivity contribution is -0.143. The Morgan fingerprint density at radius 2 is 1.75 bits per heavy atom. The van der Waals surface area contributed by atoms with Crippen LogP contribution in [0.3, 0.4) is 0 Å². The number of nitrogens with one attached hydrogen (secondary N) is 2. The molecule has 1 unspecified atom stereocenters. The van der Waals surface area contributed by atoms with E-state index in [1.54, 1.807) is 28.9 Å². The number of nitrogens with zero attached hydrogens (tertiary/aromatic N) is 10. The van der Waals surface area contributed by atoms with Crippen molar-refractivity contribution >= 4 is 62.9 Å². The molecule has 4 aromatic heterocycles. The summed E-state index contributed by atoms with van der Waals surface area (Å²) in [6.07, 6.45) is 6.08. The summed E-state index contributed by atoms with van der Waals surface area (Å²) >= 11 is 1.49. The number of amides is 5. The van der Waals surface area contributed by atoms with E-state index in [4.69, 9.17) is 4.98 Å². The quantitative estimate of drug-likeness (QED) is 0.227. The summed E-state index contributed by atoms with van der Waals surface area (Å²) in [7, 11) is 1.85. The van der Waals surface area contributed by atoms with Gasteiger partial charge in [-0.3, -0.25) is 39.2 Å². The van der Waals surface area contributed by atoms with Crippen LogP contribution < -0.4 is 20.4 Å². The van der Waals surface area contributed by atoms with E-state index in [1.807, 2.05) is 36.2 Å². The van der Waals surface area contributed by atoms with Crippen LogP contribution in [0.25, 0.3) is 27.5 Å². The smallest absolute Gasteiger partial charge is 0.262 e. The first-order valence-electron chi connectivity index (χ1n) is 19.7. The Hall–Kier alpha value is -6.74. The van der Waals surface area contributed by atoms with Crippen molar-refractivity contribution < 1.29 is 24.0 Å². The van der Waals surface area contributed by atoms with Crippen molar-refractivity contribution in [1.82, 2.24) is 39.9 Å². The normalized spacial score (nSPS) is 22.8. The lowest BCUT2D eigenvalue weighted by Crippen LogP contribution is -2.54. The maximum atomic E-state index is 13.7. The number of carbonyl (C=O) groups excluding carboxylic acids is 5. The van der Waals surface area contributed by atoms with E-state index in [2.05, 4.69) is 41.8 Å². The topological polar surface area (TPSA) is 202 Å². The Morgan fingerprint density at radius 3 is 2.53 bits per heavy atom. The molecule has 0 bridgehead atoms. The van der Waals surface area contributed by atoms with Gasteiger partial charge in [-0.2, -0.15) is 10.4 Å². The lowest BCUT2D eigenvalue weighted by Gasteiger charge is -2.47. The molecule has 4 fully saturated rings. The van der Waals surface area contributed by atoms with E-state index in [0.29, 0.717) is 31.7 Å². The number of benzene rings is 1. The molecule has 298 valence electrons. The molecule has 3 saturated heterocycles. The summed E-state index contributed by atoms with van der Waals surface area (Å²) in [5.74, 6) is -1.89. The van der Waals surface area contributed by atoms with Gasteiger partial charge in [-0.1, -0.05) is 11.3 Å². The summed E-state index contributed by atoms with van der Waals surface area (Å²) < 4.78 is 1.76. The zero-order valence-corrected chi connectivity index (χ0v) is 32.9. The van der Waals surface area contributed by atoms with E-state index in [-0.39, 0.29) is 41.2 Å². The average molecular weight is 811 g/mol. The third-order valence-electron chi connectivity index (χ3n) is 12.5. The van der Waals surface area contributed by atoms with Crippen LogP contribution in [-0.2, 0) is 14.4 Å². The van der Waals surface area contributed by atoms with Crippen molar-refractivity contribution in [3.63, 3.8) is 0 Å². The van der Waals surface area contributed by atoms with Crippen molar-refractivity contribution in [2.45, 2.75) is 38.1 Å².